The molecular formula is C14H18F3N. The van der Waals surface area contributed by atoms with Gasteiger partial charge >= 0.3 is 6.18 Å². The first-order valence-electron chi connectivity index (χ1n) is 6.44. The number of halogens is 3. The van der Waals surface area contributed by atoms with Crippen molar-refractivity contribution in [3.05, 3.63) is 29.8 Å². The number of rotatable bonds is 3. The van der Waals surface area contributed by atoms with Crippen molar-refractivity contribution in [2.24, 2.45) is 5.92 Å². The molecular weight excluding hydrogens is 239 g/mol. The highest BCUT2D eigenvalue weighted by molar-refractivity contribution is 5.47. The van der Waals surface area contributed by atoms with Crippen LogP contribution in [0.5, 0.6) is 0 Å². The van der Waals surface area contributed by atoms with Crippen molar-refractivity contribution in [3.8, 4) is 0 Å². The standard InChI is InChI=1S/C14H18F3N/c1-2-10-5-3-8-13(10)18-12-7-4-6-11(9-12)14(15,16)17/h4,6-7,9-10,13,18H,2-3,5,8H2,1H3. The topological polar surface area (TPSA) is 12.0 Å². The molecule has 2 rings (SSSR count). The minimum Gasteiger partial charge on any atom is -0.382 e. The third-order valence-corrected chi connectivity index (χ3v) is 3.73. The molecule has 0 aliphatic heterocycles. The van der Waals surface area contributed by atoms with Gasteiger partial charge < -0.3 is 5.32 Å². The van der Waals surface area contributed by atoms with Crippen LogP contribution in [-0.4, -0.2) is 6.04 Å². The van der Waals surface area contributed by atoms with Gasteiger partial charge in [-0.1, -0.05) is 25.8 Å². The third-order valence-electron chi connectivity index (χ3n) is 3.73. The Balaban J connectivity index is 2.10. The SMILES string of the molecule is CCC1CCCC1Nc1cccc(C(F)(F)F)c1. The van der Waals surface area contributed by atoms with Gasteiger partial charge in [0.05, 0.1) is 5.56 Å². The van der Waals surface area contributed by atoms with Crippen LogP contribution >= 0.6 is 0 Å². The number of benzene rings is 1. The van der Waals surface area contributed by atoms with Crippen LogP contribution < -0.4 is 5.32 Å². The Morgan fingerprint density at radius 2 is 2.06 bits per heavy atom. The van der Waals surface area contributed by atoms with Crippen LogP contribution in [0.25, 0.3) is 0 Å². The molecule has 2 unspecified atom stereocenters. The first-order chi connectivity index (χ1) is 8.50. The molecule has 0 radical (unpaired) electrons. The van der Waals surface area contributed by atoms with Crippen LogP contribution in [0, 0.1) is 5.92 Å². The molecule has 1 saturated carbocycles. The predicted molar refractivity (Wildman–Crippen MR) is 66.5 cm³/mol. The summed E-state index contributed by atoms with van der Waals surface area (Å²) in [5.41, 5.74) is -0.00581. The maximum absolute atomic E-state index is 12.6. The summed E-state index contributed by atoms with van der Waals surface area (Å²) in [6, 6.07) is 5.79. The lowest BCUT2D eigenvalue weighted by atomic mass is 10.0. The molecule has 1 aromatic rings. The quantitative estimate of drug-likeness (QED) is 0.827. The first kappa shape index (κ1) is 13.2. The highest BCUT2D eigenvalue weighted by Crippen LogP contribution is 2.33. The van der Waals surface area contributed by atoms with Gasteiger partial charge in [-0.2, -0.15) is 13.2 Å². The molecule has 0 saturated heterocycles. The zero-order chi connectivity index (χ0) is 13.2. The molecule has 1 nitrogen and oxygen atoms in total. The summed E-state index contributed by atoms with van der Waals surface area (Å²) in [4.78, 5) is 0. The van der Waals surface area contributed by atoms with Crippen molar-refractivity contribution in [1.82, 2.24) is 0 Å². The molecule has 0 amide bonds. The molecule has 1 aromatic carbocycles. The van der Waals surface area contributed by atoms with Crippen molar-refractivity contribution in [1.29, 1.82) is 0 Å². The van der Waals surface area contributed by atoms with E-state index in [-0.39, 0.29) is 0 Å². The van der Waals surface area contributed by atoms with Gasteiger partial charge in [0.1, 0.15) is 0 Å². The number of nitrogens with one attached hydrogen (secondary N) is 1. The molecule has 0 heterocycles. The van der Waals surface area contributed by atoms with Crippen molar-refractivity contribution < 1.29 is 13.2 Å². The highest BCUT2D eigenvalue weighted by Gasteiger charge is 2.31. The Hall–Kier alpha value is -1.19. The summed E-state index contributed by atoms with van der Waals surface area (Å²) in [6.45, 7) is 2.14. The lowest BCUT2D eigenvalue weighted by Gasteiger charge is -2.21. The minimum atomic E-state index is -4.27. The lowest BCUT2D eigenvalue weighted by Crippen LogP contribution is -2.23. The summed E-state index contributed by atoms with van der Waals surface area (Å²) in [7, 11) is 0. The number of hydrogen-bond acceptors (Lipinski definition) is 1. The van der Waals surface area contributed by atoms with Crippen molar-refractivity contribution in [3.63, 3.8) is 0 Å². The summed E-state index contributed by atoms with van der Waals surface area (Å²) in [6.07, 6.45) is 0.200. The van der Waals surface area contributed by atoms with E-state index in [1.54, 1.807) is 6.07 Å². The van der Waals surface area contributed by atoms with Crippen molar-refractivity contribution >= 4 is 5.69 Å². The van der Waals surface area contributed by atoms with Crippen LogP contribution in [0.15, 0.2) is 24.3 Å². The maximum atomic E-state index is 12.6. The monoisotopic (exact) mass is 257 g/mol. The molecule has 1 aliphatic rings. The number of anilines is 1. The third kappa shape index (κ3) is 2.98. The molecule has 0 spiro atoms. The fourth-order valence-electron chi connectivity index (χ4n) is 2.71. The summed E-state index contributed by atoms with van der Waals surface area (Å²) in [5, 5.41) is 3.25. The van der Waals surface area contributed by atoms with E-state index >= 15 is 0 Å². The van der Waals surface area contributed by atoms with Crippen LogP contribution in [0.1, 0.15) is 38.2 Å². The highest BCUT2D eigenvalue weighted by atomic mass is 19.4. The summed E-state index contributed by atoms with van der Waals surface area (Å²) < 4.78 is 37.8. The predicted octanol–water partition coefficient (Wildman–Crippen LogP) is 4.70. The van der Waals surface area contributed by atoms with E-state index in [0.717, 1.165) is 25.3 Å². The minimum absolute atomic E-state index is 0.318. The Morgan fingerprint density at radius 1 is 1.28 bits per heavy atom. The zero-order valence-electron chi connectivity index (χ0n) is 10.4. The molecule has 1 fully saturated rings. The van der Waals surface area contributed by atoms with Gasteiger partial charge in [-0.3, -0.25) is 0 Å². The second-order valence-electron chi connectivity index (χ2n) is 4.93. The average molecular weight is 257 g/mol. The van der Waals surface area contributed by atoms with Gasteiger partial charge in [0.2, 0.25) is 0 Å². The summed E-state index contributed by atoms with van der Waals surface area (Å²) in [5.74, 6) is 0.583. The van der Waals surface area contributed by atoms with Gasteiger partial charge in [0.25, 0.3) is 0 Å². The first-order valence-corrected chi connectivity index (χ1v) is 6.44. The largest absolute Gasteiger partial charge is 0.416 e. The van der Waals surface area contributed by atoms with E-state index in [1.807, 2.05) is 0 Å². The van der Waals surface area contributed by atoms with Crippen LogP contribution in [0.4, 0.5) is 18.9 Å². The Bertz CT molecular complexity index is 400. The fraction of sp³-hybridized carbons (Fsp3) is 0.571. The Labute approximate surface area is 105 Å². The van der Waals surface area contributed by atoms with Gasteiger partial charge in [-0.15, -0.1) is 0 Å². The smallest absolute Gasteiger partial charge is 0.382 e. The Kier molecular flexibility index (Phi) is 3.83. The molecule has 1 N–H and O–H groups in total. The van der Waals surface area contributed by atoms with E-state index < -0.39 is 11.7 Å². The van der Waals surface area contributed by atoms with Crippen molar-refractivity contribution in [2.75, 3.05) is 5.32 Å². The molecule has 0 aromatic heterocycles. The number of hydrogen-bond donors (Lipinski definition) is 1. The normalized spacial score (nSPS) is 24.2. The van der Waals surface area contributed by atoms with Crippen LogP contribution in [0.3, 0.4) is 0 Å². The second-order valence-corrected chi connectivity index (χ2v) is 4.93. The van der Waals surface area contributed by atoms with E-state index in [9.17, 15) is 13.2 Å². The summed E-state index contributed by atoms with van der Waals surface area (Å²) >= 11 is 0. The zero-order valence-corrected chi connectivity index (χ0v) is 10.4. The van der Waals surface area contributed by atoms with Gasteiger partial charge in [-0.05, 0) is 37.0 Å². The number of alkyl halides is 3. The fourth-order valence-corrected chi connectivity index (χ4v) is 2.71. The molecule has 100 valence electrons. The molecule has 4 heteroatoms. The van der Waals surface area contributed by atoms with E-state index in [1.165, 1.54) is 18.6 Å². The van der Waals surface area contributed by atoms with Gasteiger partial charge in [-0.25, -0.2) is 0 Å². The van der Waals surface area contributed by atoms with E-state index in [4.69, 9.17) is 0 Å². The second kappa shape index (κ2) is 5.21. The molecule has 0 bridgehead atoms. The molecule has 18 heavy (non-hydrogen) atoms. The molecule has 1 aliphatic carbocycles. The maximum Gasteiger partial charge on any atom is 0.416 e. The van der Waals surface area contributed by atoms with Gasteiger partial charge in [0.15, 0.2) is 0 Å². The van der Waals surface area contributed by atoms with Crippen molar-refractivity contribution in [2.45, 2.75) is 44.8 Å². The van der Waals surface area contributed by atoms with E-state index in [0.29, 0.717) is 17.6 Å². The lowest BCUT2D eigenvalue weighted by molar-refractivity contribution is -0.137. The molecule has 2 atom stereocenters. The van der Waals surface area contributed by atoms with Gasteiger partial charge in [0, 0.05) is 11.7 Å². The van der Waals surface area contributed by atoms with E-state index in [2.05, 4.69) is 12.2 Å². The van der Waals surface area contributed by atoms with Crippen LogP contribution in [0.2, 0.25) is 0 Å². The Morgan fingerprint density at radius 3 is 2.72 bits per heavy atom. The average Bonchev–Trinajstić information content (AvgIpc) is 2.75. The van der Waals surface area contributed by atoms with Crippen LogP contribution in [-0.2, 0) is 6.18 Å².